The second kappa shape index (κ2) is 6.92. The summed E-state index contributed by atoms with van der Waals surface area (Å²) in [6.07, 6.45) is 1.22. The quantitative estimate of drug-likeness (QED) is 0.869. The van der Waals surface area contributed by atoms with Crippen LogP contribution in [0.5, 0.6) is 0 Å². The van der Waals surface area contributed by atoms with Crippen LogP contribution in [0.3, 0.4) is 0 Å². The minimum Gasteiger partial charge on any atom is -0.343 e. The third-order valence-corrected chi connectivity index (χ3v) is 3.97. The molecule has 3 atom stereocenters. The maximum absolute atomic E-state index is 12.6. The number of anilines is 1. The zero-order valence-corrected chi connectivity index (χ0v) is 13.5. The predicted octanol–water partition coefficient (Wildman–Crippen LogP) is 1.67. The van der Waals surface area contributed by atoms with E-state index in [1.54, 1.807) is 4.90 Å². The van der Waals surface area contributed by atoms with Gasteiger partial charge in [-0.2, -0.15) is 0 Å². The van der Waals surface area contributed by atoms with Crippen LogP contribution in [0.4, 0.5) is 5.69 Å². The minimum absolute atomic E-state index is 0.0570. The summed E-state index contributed by atoms with van der Waals surface area (Å²) < 4.78 is 0. The third-order valence-electron chi connectivity index (χ3n) is 3.97. The molecule has 1 fully saturated rings. The Morgan fingerprint density at radius 3 is 2.59 bits per heavy atom. The first-order chi connectivity index (χ1) is 10.4. The van der Waals surface area contributed by atoms with E-state index in [-0.39, 0.29) is 17.9 Å². The Morgan fingerprint density at radius 1 is 1.36 bits per heavy atom. The number of hydrogen-bond donors (Lipinski definition) is 2. The molecule has 0 bridgehead atoms. The van der Waals surface area contributed by atoms with Crippen molar-refractivity contribution in [2.24, 2.45) is 11.7 Å². The standard InChI is InChI=1S/C17H25N3O2/c1-11(2)9-14(18)16(21)19-15-10-12(3)20(17(15)22)13-7-5-4-6-8-13/h4-8,11-12,14-15H,9-10,18H2,1-3H3,(H,19,21)/t12?,14-,15?/m0/s1. The summed E-state index contributed by atoms with van der Waals surface area (Å²) in [5, 5.41) is 2.81. The lowest BCUT2D eigenvalue weighted by atomic mass is 10.0. The van der Waals surface area contributed by atoms with E-state index in [0.29, 0.717) is 18.8 Å². The molecule has 0 saturated carbocycles. The summed E-state index contributed by atoms with van der Waals surface area (Å²) in [7, 11) is 0. The molecule has 1 heterocycles. The summed E-state index contributed by atoms with van der Waals surface area (Å²) in [5.74, 6) is 0.0396. The van der Waals surface area contributed by atoms with E-state index in [1.165, 1.54) is 0 Å². The van der Waals surface area contributed by atoms with Crippen molar-refractivity contribution in [3.05, 3.63) is 30.3 Å². The van der Waals surface area contributed by atoms with Crippen LogP contribution in [0.1, 0.15) is 33.6 Å². The van der Waals surface area contributed by atoms with Gasteiger partial charge in [0, 0.05) is 11.7 Å². The maximum atomic E-state index is 12.6. The van der Waals surface area contributed by atoms with Crippen molar-refractivity contribution >= 4 is 17.5 Å². The summed E-state index contributed by atoms with van der Waals surface area (Å²) in [6.45, 7) is 6.03. The number of amides is 2. The van der Waals surface area contributed by atoms with Gasteiger partial charge in [0.05, 0.1) is 6.04 Å². The fourth-order valence-electron chi connectivity index (χ4n) is 2.92. The number of carbonyl (C=O) groups excluding carboxylic acids is 2. The predicted molar refractivity (Wildman–Crippen MR) is 87.4 cm³/mol. The SMILES string of the molecule is CC(C)C[C@H](N)C(=O)NC1CC(C)N(c2ccccc2)C1=O. The first-order valence-corrected chi connectivity index (χ1v) is 7.84. The lowest BCUT2D eigenvalue weighted by Gasteiger charge is -2.21. The molecule has 22 heavy (non-hydrogen) atoms. The monoisotopic (exact) mass is 303 g/mol. The molecule has 1 aromatic carbocycles. The van der Waals surface area contributed by atoms with E-state index in [9.17, 15) is 9.59 Å². The molecular weight excluding hydrogens is 278 g/mol. The number of rotatable bonds is 5. The van der Waals surface area contributed by atoms with Gasteiger partial charge in [0.1, 0.15) is 6.04 Å². The number of carbonyl (C=O) groups is 2. The molecule has 0 aliphatic carbocycles. The second-order valence-electron chi connectivity index (χ2n) is 6.43. The first-order valence-electron chi connectivity index (χ1n) is 7.84. The van der Waals surface area contributed by atoms with Crippen LogP contribution in [0.25, 0.3) is 0 Å². The molecule has 1 aromatic rings. The van der Waals surface area contributed by atoms with Crippen LogP contribution in [0, 0.1) is 5.92 Å². The molecule has 1 saturated heterocycles. The van der Waals surface area contributed by atoms with E-state index in [1.807, 2.05) is 51.1 Å². The van der Waals surface area contributed by atoms with Crippen LogP contribution in [-0.4, -0.2) is 29.9 Å². The molecule has 1 aliphatic rings. The van der Waals surface area contributed by atoms with E-state index in [4.69, 9.17) is 5.73 Å². The van der Waals surface area contributed by atoms with Crippen molar-refractivity contribution in [2.75, 3.05) is 4.90 Å². The van der Waals surface area contributed by atoms with Crippen LogP contribution in [-0.2, 0) is 9.59 Å². The molecule has 0 radical (unpaired) electrons. The van der Waals surface area contributed by atoms with Crippen molar-refractivity contribution in [1.29, 1.82) is 0 Å². The maximum Gasteiger partial charge on any atom is 0.249 e. The van der Waals surface area contributed by atoms with Crippen LogP contribution in [0.2, 0.25) is 0 Å². The topological polar surface area (TPSA) is 75.4 Å². The Hall–Kier alpha value is -1.88. The zero-order valence-electron chi connectivity index (χ0n) is 13.5. The van der Waals surface area contributed by atoms with Gasteiger partial charge in [0.15, 0.2) is 0 Å². The van der Waals surface area contributed by atoms with Gasteiger partial charge in [-0.25, -0.2) is 0 Å². The molecule has 2 rings (SSSR count). The van der Waals surface area contributed by atoms with Crippen molar-refractivity contribution < 1.29 is 9.59 Å². The van der Waals surface area contributed by atoms with Crippen LogP contribution < -0.4 is 16.0 Å². The third kappa shape index (κ3) is 3.65. The molecule has 120 valence electrons. The Kier molecular flexibility index (Phi) is 5.19. The number of nitrogens with zero attached hydrogens (tertiary/aromatic N) is 1. The van der Waals surface area contributed by atoms with E-state index >= 15 is 0 Å². The fraction of sp³-hybridized carbons (Fsp3) is 0.529. The fourth-order valence-corrected chi connectivity index (χ4v) is 2.92. The molecule has 0 aromatic heterocycles. The van der Waals surface area contributed by atoms with Gasteiger partial charge in [-0.05, 0) is 37.8 Å². The number of nitrogens with two attached hydrogens (primary N) is 1. The van der Waals surface area contributed by atoms with Crippen molar-refractivity contribution in [3.8, 4) is 0 Å². The molecule has 2 unspecified atom stereocenters. The van der Waals surface area contributed by atoms with Gasteiger partial charge in [-0.3, -0.25) is 9.59 Å². The Morgan fingerprint density at radius 2 is 2.00 bits per heavy atom. The van der Waals surface area contributed by atoms with Crippen molar-refractivity contribution in [1.82, 2.24) is 5.32 Å². The van der Waals surface area contributed by atoms with Gasteiger partial charge in [0.25, 0.3) is 0 Å². The molecule has 2 amide bonds. The molecule has 0 spiro atoms. The summed E-state index contributed by atoms with van der Waals surface area (Å²) in [5.41, 5.74) is 6.75. The van der Waals surface area contributed by atoms with Gasteiger partial charge in [-0.1, -0.05) is 32.0 Å². The highest BCUT2D eigenvalue weighted by molar-refractivity contribution is 6.02. The lowest BCUT2D eigenvalue weighted by Crippen LogP contribution is -2.48. The van der Waals surface area contributed by atoms with Gasteiger partial charge in [-0.15, -0.1) is 0 Å². The normalized spacial score (nSPS) is 23.0. The van der Waals surface area contributed by atoms with E-state index in [0.717, 1.165) is 5.69 Å². The smallest absolute Gasteiger partial charge is 0.249 e. The zero-order chi connectivity index (χ0) is 16.3. The molecule has 3 N–H and O–H groups in total. The van der Waals surface area contributed by atoms with Gasteiger partial charge >= 0.3 is 0 Å². The molecular formula is C17H25N3O2. The highest BCUT2D eigenvalue weighted by Crippen LogP contribution is 2.26. The number of nitrogens with one attached hydrogen (secondary N) is 1. The molecule has 1 aliphatic heterocycles. The highest BCUT2D eigenvalue weighted by atomic mass is 16.2. The Balaban J connectivity index is 2.03. The van der Waals surface area contributed by atoms with Crippen LogP contribution >= 0.6 is 0 Å². The van der Waals surface area contributed by atoms with Crippen molar-refractivity contribution in [2.45, 2.75) is 51.7 Å². The van der Waals surface area contributed by atoms with E-state index < -0.39 is 12.1 Å². The summed E-state index contributed by atoms with van der Waals surface area (Å²) in [4.78, 5) is 26.4. The summed E-state index contributed by atoms with van der Waals surface area (Å²) >= 11 is 0. The number of para-hydroxylation sites is 1. The Bertz CT molecular complexity index is 530. The van der Waals surface area contributed by atoms with E-state index in [2.05, 4.69) is 5.32 Å². The average Bonchev–Trinajstić information content (AvgIpc) is 2.73. The highest BCUT2D eigenvalue weighted by Gasteiger charge is 2.39. The lowest BCUT2D eigenvalue weighted by molar-refractivity contribution is -0.127. The number of benzene rings is 1. The molecule has 5 heteroatoms. The van der Waals surface area contributed by atoms with Gasteiger partial charge in [0.2, 0.25) is 11.8 Å². The average molecular weight is 303 g/mol. The molecule has 5 nitrogen and oxygen atoms in total. The number of hydrogen-bond acceptors (Lipinski definition) is 3. The Labute approximate surface area is 131 Å². The largest absolute Gasteiger partial charge is 0.343 e. The minimum atomic E-state index is -0.561. The van der Waals surface area contributed by atoms with Gasteiger partial charge < -0.3 is 16.0 Å². The van der Waals surface area contributed by atoms with Crippen LogP contribution in [0.15, 0.2) is 30.3 Å². The first kappa shape index (κ1) is 16.5. The second-order valence-corrected chi connectivity index (χ2v) is 6.43. The van der Waals surface area contributed by atoms with Crippen molar-refractivity contribution in [3.63, 3.8) is 0 Å². The summed E-state index contributed by atoms with van der Waals surface area (Å²) in [6, 6.07) is 8.54.